The van der Waals surface area contributed by atoms with Crippen molar-refractivity contribution in [3.8, 4) is 0 Å². The van der Waals surface area contributed by atoms with Gasteiger partial charge in [-0.2, -0.15) is 16.9 Å². The Bertz CT molecular complexity index is 367. The minimum absolute atomic E-state index is 0.329. The van der Waals surface area contributed by atoms with Crippen LogP contribution in [0.2, 0.25) is 0 Å². The normalized spacial score (nSPS) is 12.1. The van der Waals surface area contributed by atoms with Gasteiger partial charge in [0.15, 0.2) is 0 Å². The summed E-state index contributed by atoms with van der Waals surface area (Å²) in [6, 6.07) is 1.01. The Labute approximate surface area is 103 Å². The first-order valence-electron chi connectivity index (χ1n) is 5.14. The van der Waals surface area contributed by atoms with Crippen molar-refractivity contribution in [3.63, 3.8) is 0 Å². The molecule has 1 amide bonds. The van der Waals surface area contributed by atoms with Crippen molar-refractivity contribution in [1.29, 1.82) is 0 Å². The van der Waals surface area contributed by atoms with Gasteiger partial charge in [-0.05, 0) is 6.07 Å². The minimum atomic E-state index is -1.01. The van der Waals surface area contributed by atoms with Gasteiger partial charge in [-0.1, -0.05) is 0 Å². The standard InChI is InChI=1S/C10H15N3O3S/c1-8(14)12-9(10(15)16)7-17-6-5-13-4-2-3-11-13/h2-4,9H,5-7H2,1H3,(H,12,14)(H,15,16). The Morgan fingerprint density at radius 3 is 2.88 bits per heavy atom. The lowest BCUT2D eigenvalue weighted by molar-refractivity contribution is -0.140. The van der Waals surface area contributed by atoms with E-state index in [2.05, 4.69) is 10.4 Å². The monoisotopic (exact) mass is 257 g/mol. The molecular weight excluding hydrogens is 242 g/mol. The second-order valence-electron chi connectivity index (χ2n) is 3.44. The highest BCUT2D eigenvalue weighted by molar-refractivity contribution is 7.99. The van der Waals surface area contributed by atoms with Crippen LogP contribution in [-0.2, 0) is 16.1 Å². The molecule has 0 aliphatic heterocycles. The van der Waals surface area contributed by atoms with Crippen molar-refractivity contribution >= 4 is 23.6 Å². The van der Waals surface area contributed by atoms with E-state index in [1.807, 2.05) is 12.3 Å². The number of carboxylic acids is 1. The molecule has 0 aliphatic carbocycles. The number of thioether (sulfide) groups is 1. The number of aliphatic carboxylic acids is 1. The van der Waals surface area contributed by atoms with Gasteiger partial charge in [0.05, 0.1) is 0 Å². The molecule has 1 rings (SSSR count). The summed E-state index contributed by atoms with van der Waals surface area (Å²) in [5, 5.41) is 15.3. The Morgan fingerprint density at radius 1 is 1.59 bits per heavy atom. The number of rotatable bonds is 7. The van der Waals surface area contributed by atoms with Crippen LogP contribution in [0.3, 0.4) is 0 Å². The number of hydrogen-bond acceptors (Lipinski definition) is 4. The topological polar surface area (TPSA) is 84.2 Å². The van der Waals surface area contributed by atoms with E-state index in [0.29, 0.717) is 5.75 Å². The summed E-state index contributed by atoms with van der Waals surface area (Å²) in [7, 11) is 0. The molecule has 94 valence electrons. The maximum Gasteiger partial charge on any atom is 0.327 e. The number of nitrogens with zero attached hydrogens (tertiary/aromatic N) is 2. The Hall–Kier alpha value is -1.50. The molecule has 1 aromatic rings. The van der Waals surface area contributed by atoms with Gasteiger partial charge in [-0.25, -0.2) is 4.79 Å². The number of hydrogen-bond donors (Lipinski definition) is 2. The Morgan fingerprint density at radius 2 is 2.35 bits per heavy atom. The van der Waals surface area contributed by atoms with Gasteiger partial charge in [-0.15, -0.1) is 0 Å². The zero-order chi connectivity index (χ0) is 12.7. The summed E-state index contributed by atoms with van der Waals surface area (Å²) in [6.45, 7) is 2.04. The SMILES string of the molecule is CC(=O)NC(CSCCn1cccn1)C(=O)O. The smallest absolute Gasteiger partial charge is 0.327 e. The minimum Gasteiger partial charge on any atom is -0.480 e. The van der Waals surface area contributed by atoms with Gasteiger partial charge >= 0.3 is 5.97 Å². The summed E-state index contributed by atoms with van der Waals surface area (Å²) in [5.74, 6) is -0.224. The molecule has 1 atom stereocenters. The van der Waals surface area contributed by atoms with Crippen LogP contribution < -0.4 is 5.32 Å². The van der Waals surface area contributed by atoms with Gasteiger partial charge in [0.25, 0.3) is 0 Å². The molecule has 1 heterocycles. The number of carboxylic acid groups (broad SMARTS) is 1. The molecule has 0 saturated carbocycles. The van der Waals surface area contributed by atoms with E-state index in [4.69, 9.17) is 5.11 Å². The largest absolute Gasteiger partial charge is 0.480 e. The van der Waals surface area contributed by atoms with Gasteiger partial charge in [0, 0.05) is 37.4 Å². The maximum atomic E-state index is 10.8. The Kier molecular flexibility index (Phi) is 5.55. The van der Waals surface area contributed by atoms with Crippen LogP contribution in [0, 0.1) is 0 Å². The van der Waals surface area contributed by atoms with Crippen LogP contribution in [0.1, 0.15) is 6.92 Å². The molecule has 0 aliphatic rings. The lowest BCUT2D eigenvalue weighted by atomic mass is 10.3. The number of carbonyl (C=O) groups excluding carboxylic acids is 1. The van der Waals surface area contributed by atoms with E-state index in [-0.39, 0.29) is 5.91 Å². The summed E-state index contributed by atoms with van der Waals surface area (Å²) in [4.78, 5) is 21.6. The van der Waals surface area contributed by atoms with Crippen LogP contribution in [0.25, 0.3) is 0 Å². The average molecular weight is 257 g/mol. The van der Waals surface area contributed by atoms with E-state index in [9.17, 15) is 9.59 Å². The third kappa shape index (κ3) is 5.39. The molecule has 17 heavy (non-hydrogen) atoms. The van der Waals surface area contributed by atoms with Crippen LogP contribution in [-0.4, -0.2) is 44.3 Å². The molecule has 1 aromatic heterocycles. The second kappa shape index (κ2) is 6.95. The van der Waals surface area contributed by atoms with Crippen LogP contribution >= 0.6 is 11.8 Å². The number of aryl methyl sites for hydroxylation is 1. The summed E-state index contributed by atoms with van der Waals surface area (Å²) >= 11 is 1.47. The van der Waals surface area contributed by atoms with Crippen molar-refractivity contribution in [1.82, 2.24) is 15.1 Å². The number of aromatic nitrogens is 2. The van der Waals surface area contributed by atoms with E-state index in [1.165, 1.54) is 18.7 Å². The van der Waals surface area contributed by atoms with Crippen LogP contribution in [0.15, 0.2) is 18.5 Å². The molecule has 0 bridgehead atoms. The third-order valence-electron chi connectivity index (χ3n) is 1.98. The van der Waals surface area contributed by atoms with Crippen LogP contribution in [0.4, 0.5) is 0 Å². The highest BCUT2D eigenvalue weighted by atomic mass is 32.2. The lowest BCUT2D eigenvalue weighted by Gasteiger charge is -2.12. The molecule has 0 fully saturated rings. The summed E-state index contributed by atoms with van der Waals surface area (Å²) in [5.41, 5.74) is 0. The zero-order valence-electron chi connectivity index (χ0n) is 9.50. The van der Waals surface area contributed by atoms with Crippen molar-refractivity contribution in [3.05, 3.63) is 18.5 Å². The van der Waals surface area contributed by atoms with Crippen molar-refractivity contribution in [2.45, 2.75) is 19.5 Å². The number of carbonyl (C=O) groups is 2. The first-order valence-corrected chi connectivity index (χ1v) is 6.30. The highest BCUT2D eigenvalue weighted by Crippen LogP contribution is 2.04. The molecule has 0 aromatic carbocycles. The third-order valence-corrected chi connectivity index (χ3v) is 3.02. The van der Waals surface area contributed by atoms with E-state index in [0.717, 1.165) is 12.3 Å². The fourth-order valence-corrected chi connectivity index (χ4v) is 2.16. The first kappa shape index (κ1) is 13.6. The molecule has 2 N–H and O–H groups in total. The molecule has 6 nitrogen and oxygen atoms in total. The highest BCUT2D eigenvalue weighted by Gasteiger charge is 2.17. The van der Waals surface area contributed by atoms with E-state index >= 15 is 0 Å². The number of amides is 1. The van der Waals surface area contributed by atoms with E-state index in [1.54, 1.807) is 10.9 Å². The molecular formula is C10H15N3O3S. The Balaban J connectivity index is 2.23. The predicted octanol–water partition coefficient (Wildman–Crippen LogP) is 0.206. The number of nitrogens with one attached hydrogen (secondary N) is 1. The second-order valence-corrected chi connectivity index (χ2v) is 4.59. The van der Waals surface area contributed by atoms with E-state index < -0.39 is 12.0 Å². The first-order chi connectivity index (χ1) is 8.09. The molecule has 1 unspecified atom stereocenters. The van der Waals surface area contributed by atoms with Gasteiger partial charge in [0.2, 0.25) is 5.91 Å². The predicted molar refractivity (Wildman–Crippen MR) is 64.8 cm³/mol. The molecule has 0 radical (unpaired) electrons. The lowest BCUT2D eigenvalue weighted by Crippen LogP contribution is -2.41. The van der Waals surface area contributed by atoms with Gasteiger partial charge in [-0.3, -0.25) is 9.48 Å². The molecule has 0 saturated heterocycles. The van der Waals surface area contributed by atoms with Crippen molar-refractivity contribution in [2.24, 2.45) is 0 Å². The fraction of sp³-hybridized carbons (Fsp3) is 0.500. The van der Waals surface area contributed by atoms with Gasteiger partial charge in [0.1, 0.15) is 6.04 Å². The summed E-state index contributed by atoms with van der Waals surface area (Å²) < 4.78 is 1.78. The van der Waals surface area contributed by atoms with Crippen molar-refractivity contribution in [2.75, 3.05) is 11.5 Å². The zero-order valence-corrected chi connectivity index (χ0v) is 10.3. The molecule has 7 heteroatoms. The van der Waals surface area contributed by atoms with Crippen LogP contribution in [0.5, 0.6) is 0 Å². The van der Waals surface area contributed by atoms with Gasteiger partial charge < -0.3 is 10.4 Å². The quantitative estimate of drug-likeness (QED) is 0.682. The average Bonchev–Trinajstić information content (AvgIpc) is 2.74. The van der Waals surface area contributed by atoms with Crippen molar-refractivity contribution < 1.29 is 14.7 Å². The molecule has 0 spiro atoms. The fourth-order valence-electron chi connectivity index (χ4n) is 1.21. The summed E-state index contributed by atoms with van der Waals surface area (Å²) in [6.07, 6.45) is 3.55. The maximum absolute atomic E-state index is 10.8.